The number of carbonyl (C=O) groups is 1. The van der Waals surface area contributed by atoms with Crippen LogP contribution in [0.2, 0.25) is 0 Å². The summed E-state index contributed by atoms with van der Waals surface area (Å²) in [6, 6.07) is 1.99. The van der Waals surface area contributed by atoms with Gasteiger partial charge in [-0.3, -0.25) is 4.79 Å². The number of thioether (sulfide) groups is 4. The number of ether oxygens (including phenoxy) is 1. The number of carbonyl (C=O) groups excluding carboxylic acids is 1. The first-order valence-electron chi connectivity index (χ1n) is 6.53. The van der Waals surface area contributed by atoms with Gasteiger partial charge in [0.1, 0.15) is 12.4 Å². The fraction of sp³-hybridized carbons (Fsp3) is 0.533. The molecule has 1 aromatic rings. The van der Waals surface area contributed by atoms with E-state index in [9.17, 15) is 4.79 Å². The molecule has 0 radical (unpaired) electrons. The van der Waals surface area contributed by atoms with Crippen LogP contribution in [0.3, 0.4) is 0 Å². The number of hydrogen-bond donors (Lipinski definition) is 0. The largest absolute Gasteiger partial charge is 0.490 e. The minimum absolute atomic E-state index is 0.0442. The smallest absolute Gasteiger partial charge is 0.160 e. The zero-order valence-corrected chi connectivity index (χ0v) is 16.2. The lowest BCUT2D eigenvalue weighted by molar-refractivity contribution is 0.101. The van der Waals surface area contributed by atoms with Crippen LogP contribution in [-0.2, 0) is 6.42 Å². The van der Waals surface area contributed by atoms with Crippen LogP contribution in [-0.4, -0.2) is 41.5 Å². The highest BCUT2D eigenvalue weighted by Crippen LogP contribution is 2.49. The summed E-state index contributed by atoms with van der Waals surface area (Å²) >= 11 is 6.98. The van der Waals surface area contributed by atoms with Crippen LogP contribution in [0, 0.1) is 0 Å². The highest BCUT2D eigenvalue weighted by Gasteiger charge is 2.37. The van der Waals surface area contributed by atoms with Crippen molar-refractivity contribution >= 4 is 52.8 Å². The van der Waals surface area contributed by atoms with Gasteiger partial charge in [-0.1, -0.05) is 0 Å². The van der Waals surface area contributed by atoms with Crippen molar-refractivity contribution in [3.05, 3.63) is 17.2 Å². The Morgan fingerprint density at radius 2 is 1.86 bits per heavy atom. The van der Waals surface area contributed by atoms with Gasteiger partial charge in [-0.2, -0.15) is 0 Å². The van der Waals surface area contributed by atoms with E-state index < -0.39 is 0 Å². The van der Waals surface area contributed by atoms with Crippen LogP contribution < -0.4 is 4.74 Å². The normalized spacial score (nSPS) is 16.2. The lowest BCUT2D eigenvalue weighted by atomic mass is 10.0. The molecule has 0 aliphatic carbocycles. The topological polar surface area (TPSA) is 26.3 Å². The Morgan fingerprint density at radius 3 is 2.33 bits per heavy atom. The van der Waals surface area contributed by atoms with E-state index in [0.717, 1.165) is 27.5 Å². The second-order valence-electron chi connectivity index (χ2n) is 4.81. The SMILES string of the molecule is CSc1cc(C(C)=O)c(SC)c2c1OCC(SC)(SC)C2. The third-order valence-electron chi connectivity index (χ3n) is 3.72. The third-order valence-corrected chi connectivity index (χ3v) is 8.35. The second-order valence-corrected chi connectivity index (χ2v) is 9.11. The Hall–Kier alpha value is 0.0900. The molecule has 6 heteroatoms. The first-order chi connectivity index (χ1) is 10.0. The average Bonchev–Trinajstić information content (AvgIpc) is 2.52. The van der Waals surface area contributed by atoms with Crippen molar-refractivity contribution in [3.8, 4) is 5.75 Å². The third kappa shape index (κ3) is 3.23. The Balaban J connectivity index is 2.64. The van der Waals surface area contributed by atoms with Crippen molar-refractivity contribution in [2.24, 2.45) is 0 Å². The zero-order chi connectivity index (χ0) is 15.6. The van der Waals surface area contributed by atoms with Crippen molar-refractivity contribution in [2.45, 2.75) is 27.2 Å². The van der Waals surface area contributed by atoms with Gasteiger partial charge >= 0.3 is 0 Å². The summed E-state index contributed by atoms with van der Waals surface area (Å²) in [5.41, 5.74) is 2.03. The predicted octanol–water partition coefficient (Wildman–Crippen LogP) is 4.69. The Labute approximate surface area is 143 Å². The fourth-order valence-electron chi connectivity index (χ4n) is 2.49. The maximum atomic E-state index is 12.0. The molecule has 0 N–H and O–H groups in total. The van der Waals surface area contributed by atoms with E-state index in [1.807, 2.05) is 42.1 Å². The second kappa shape index (κ2) is 7.11. The van der Waals surface area contributed by atoms with E-state index in [-0.39, 0.29) is 9.86 Å². The number of fused-ring (bicyclic) bond motifs is 1. The number of Topliss-reactive ketones (excluding diaryl/α,β-unsaturated/α-hetero) is 1. The van der Waals surface area contributed by atoms with E-state index in [1.54, 1.807) is 30.4 Å². The van der Waals surface area contributed by atoms with E-state index in [1.165, 1.54) is 5.56 Å². The van der Waals surface area contributed by atoms with Gasteiger partial charge in [0.15, 0.2) is 5.78 Å². The molecule has 2 rings (SSSR count). The first kappa shape index (κ1) is 17.4. The monoisotopic (exact) mass is 360 g/mol. The summed E-state index contributed by atoms with van der Waals surface area (Å²) in [4.78, 5) is 14.2. The van der Waals surface area contributed by atoms with E-state index in [4.69, 9.17) is 4.74 Å². The van der Waals surface area contributed by atoms with Crippen molar-refractivity contribution in [1.29, 1.82) is 0 Å². The van der Waals surface area contributed by atoms with Crippen molar-refractivity contribution in [1.82, 2.24) is 0 Å². The minimum atomic E-state index is 0.0442. The highest BCUT2D eigenvalue weighted by atomic mass is 32.2. The van der Waals surface area contributed by atoms with Gasteiger partial charge in [0.25, 0.3) is 0 Å². The molecule has 0 fully saturated rings. The summed E-state index contributed by atoms with van der Waals surface area (Å²) in [6.07, 6.45) is 9.28. The molecule has 0 aromatic heterocycles. The molecule has 0 unspecified atom stereocenters. The summed E-state index contributed by atoms with van der Waals surface area (Å²) < 4.78 is 6.18. The zero-order valence-electron chi connectivity index (χ0n) is 12.9. The predicted molar refractivity (Wildman–Crippen MR) is 99.0 cm³/mol. The molecule has 1 heterocycles. The Kier molecular flexibility index (Phi) is 5.91. The molecule has 0 atom stereocenters. The quantitative estimate of drug-likeness (QED) is 0.429. The van der Waals surface area contributed by atoms with E-state index >= 15 is 0 Å². The van der Waals surface area contributed by atoms with Crippen LogP contribution in [0.5, 0.6) is 5.75 Å². The molecule has 1 aliphatic rings. The van der Waals surface area contributed by atoms with Gasteiger partial charge in [0.05, 0.1) is 8.97 Å². The van der Waals surface area contributed by atoms with Gasteiger partial charge in [-0.15, -0.1) is 47.0 Å². The molecule has 1 aliphatic heterocycles. The van der Waals surface area contributed by atoms with Crippen LogP contribution >= 0.6 is 47.0 Å². The maximum absolute atomic E-state index is 12.0. The Morgan fingerprint density at radius 1 is 1.19 bits per heavy atom. The standard InChI is InChI=1S/C15H20O2S4/c1-9(16)10-6-12(18-2)13-11(14(10)19-3)7-15(20-4,21-5)8-17-13/h6H,7-8H2,1-5H3. The van der Waals surface area contributed by atoms with Gasteiger partial charge in [0, 0.05) is 22.4 Å². The van der Waals surface area contributed by atoms with Gasteiger partial charge < -0.3 is 4.74 Å². The molecule has 2 nitrogen and oxygen atoms in total. The number of benzene rings is 1. The van der Waals surface area contributed by atoms with Crippen molar-refractivity contribution in [2.75, 3.05) is 31.6 Å². The van der Waals surface area contributed by atoms with Crippen LogP contribution in [0.15, 0.2) is 15.9 Å². The van der Waals surface area contributed by atoms with Gasteiger partial charge in [0.2, 0.25) is 0 Å². The van der Waals surface area contributed by atoms with Gasteiger partial charge in [-0.25, -0.2) is 0 Å². The van der Waals surface area contributed by atoms with Crippen LogP contribution in [0.4, 0.5) is 0 Å². The highest BCUT2D eigenvalue weighted by molar-refractivity contribution is 8.17. The van der Waals surface area contributed by atoms with E-state index in [0.29, 0.717) is 6.61 Å². The lowest BCUT2D eigenvalue weighted by Gasteiger charge is -2.37. The van der Waals surface area contributed by atoms with Gasteiger partial charge in [-0.05, 0) is 38.0 Å². The molecular formula is C15H20O2S4. The summed E-state index contributed by atoms with van der Waals surface area (Å²) in [5.74, 6) is 1.11. The number of ketones is 1. The molecule has 0 saturated heterocycles. The summed E-state index contributed by atoms with van der Waals surface area (Å²) in [6.45, 7) is 2.36. The molecule has 1 aromatic carbocycles. The van der Waals surface area contributed by atoms with Crippen LogP contribution in [0.1, 0.15) is 22.8 Å². The average molecular weight is 361 g/mol. The molecule has 21 heavy (non-hydrogen) atoms. The first-order valence-corrected chi connectivity index (χ1v) is 11.4. The lowest BCUT2D eigenvalue weighted by Crippen LogP contribution is -2.35. The molecule has 0 saturated carbocycles. The maximum Gasteiger partial charge on any atom is 0.160 e. The fourth-order valence-corrected chi connectivity index (χ4v) is 5.52. The Bertz CT molecular complexity index is 553. The molecule has 0 amide bonds. The minimum Gasteiger partial charge on any atom is -0.490 e. The molecule has 116 valence electrons. The van der Waals surface area contributed by atoms with Crippen LogP contribution in [0.25, 0.3) is 0 Å². The molecular weight excluding hydrogens is 340 g/mol. The molecule has 0 spiro atoms. The van der Waals surface area contributed by atoms with Crippen molar-refractivity contribution < 1.29 is 9.53 Å². The van der Waals surface area contributed by atoms with Crippen molar-refractivity contribution in [3.63, 3.8) is 0 Å². The van der Waals surface area contributed by atoms with E-state index in [2.05, 4.69) is 12.5 Å². The summed E-state index contributed by atoms with van der Waals surface area (Å²) in [5, 5.41) is 0. The number of rotatable bonds is 5. The number of hydrogen-bond acceptors (Lipinski definition) is 6. The summed E-state index contributed by atoms with van der Waals surface area (Å²) in [7, 11) is 0. The molecule has 0 bridgehead atoms.